The van der Waals surface area contributed by atoms with Crippen LogP contribution in [0.5, 0.6) is 0 Å². The molecule has 0 aliphatic carbocycles. The average molecular weight is 277 g/mol. The normalized spacial score (nSPS) is 10.2. The number of nitro groups is 1. The lowest BCUT2D eigenvalue weighted by Crippen LogP contribution is -2.07. The van der Waals surface area contributed by atoms with Crippen molar-refractivity contribution >= 4 is 23.1 Å². The first-order chi connectivity index (χ1) is 9.08. The van der Waals surface area contributed by atoms with Crippen molar-refractivity contribution in [3.8, 4) is 0 Å². The number of hydrogen-bond acceptors (Lipinski definition) is 4. The van der Waals surface area contributed by atoms with Gasteiger partial charge in [0.05, 0.1) is 10.5 Å². The van der Waals surface area contributed by atoms with Crippen LogP contribution in [0.25, 0.3) is 0 Å². The standard InChI is InChI=1S/C13H9ClN2O3/c14-10-1-2-11(12(8-10)16(18)19)13(17)7-9-3-5-15-6-4-9/h1-6,8H,7H2. The van der Waals surface area contributed by atoms with E-state index in [-0.39, 0.29) is 28.5 Å². The average Bonchev–Trinajstić information content (AvgIpc) is 2.39. The van der Waals surface area contributed by atoms with E-state index in [1.165, 1.54) is 18.2 Å². The largest absolute Gasteiger partial charge is 0.294 e. The molecular formula is C13H9ClN2O3. The number of rotatable bonds is 4. The molecule has 0 fully saturated rings. The highest BCUT2D eigenvalue weighted by molar-refractivity contribution is 6.31. The second kappa shape index (κ2) is 5.58. The van der Waals surface area contributed by atoms with Crippen molar-refractivity contribution in [1.82, 2.24) is 4.98 Å². The Bertz CT molecular complexity index is 629. The number of nitrogens with zero attached hydrogens (tertiary/aromatic N) is 2. The van der Waals surface area contributed by atoms with Gasteiger partial charge in [-0.15, -0.1) is 0 Å². The van der Waals surface area contributed by atoms with Crippen LogP contribution in [0.15, 0.2) is 42.7 Å². The number of halogens is 1. The smallest absolute Gasteiger partial charge is 0.281 e. The summed E-state index contributed by atoms with van der Waals surface area (Å²) in [5.41, 5.74) is 0.544. The number of aromatic nitrogens is 1. The van der Waals surface area contributed by atoms with Gasteiger partial charge in [0.15, 0.2) is 5.78 Å². The molecule has 5 nitrogen and oxygen atoms in total. The van der Waals surface area contributed by atoms with Crippen LogP contribution in [0.4, 0.5) is 5.69 Å². The van der Waals surface area contributed by atoms with Crippen LogP contribution in [0.2, 0.25) is 5.02 Å². The monoisotopic (exact) mass is 276 g/mol. The molecule has 6 heteroatoms. The lowest BCUT2D eigenvalue weighted by molar-refractivity contribution is -0.385. The summed E-state index contributed by atoms with van der Waals surface area (Å²) >= 11 is 5.70. The molecule has 0 amide bonds. The molecule has 1 heterocycles. The van der Waals surface area contributed by atoms with E-state index >= 15 is 0 Å². The summed E-state index contributed by atoms with van der Waals surface area (Å²) in [5, 5.41) is 11.1. The fourth-order valence-electron chi connectivity index (χ4n) is 1.67. The highest BCUT2D eigenvalue weighted by Gasteiger charge is 2.20. The Hall–Kier alpha value is -2.27. The van der Waals surface area contributed by atoms with Crippen LogP contribution < -0.4 is 0 Å². The molecule has 0 aliphatic heterocycles. The van der Waals surface area contributed by atoms with Crippen molar-refractivity contribution in [1.29, 1.82) is 0 Å². The first kappa shape index (κ1) is 13.2. The third-order valence-electron chi connectivity index (χ3n) is 2.57. The molecule has 0 bridgehead atoms. The molecule has 96 valence electrons. The van der Waals surface area contributed by atoms with Gasteiger partial charge in [-0.05, 0) is 29.8 Å². The van der Waals surface area contributed by atoms with Crippen molar-refractivity contribution in [3.05, 3.63) is 69.0 Å². The van der Waals surface area contributed by atoms with Crippen LogP contribution >= 0.6 is 11.6 Å². The minimum absolute atomic E-state index is 0.0613. The molecule has 2 aromatic rings. The zero-order chi connectivity index (χ0) is 13.8. The van der Waals surface area contributed by atoms with Crippen molar-refractivity contribution in [3.63, 3.8) is 0 Å². The zero-order valence-corrected chi connectivity index (χ0v) is 10.5. The first-order valence-corrected chi connectivity index (χ1v) is 5.82. The van der Waals surface area contributed by atoms with Gasteiger partial charge >= 0.3 is 0 Å². The summed E-state index contributed by atoms with van der Waals surface area (Å²) in [6.45, 7) is 0. The van der Waals surface area contributed by atoms with E-state index in [0.717, 1.165) is 5.56 Å². The number of ketones is 1. The number of carbonyl (C=O) groups excluding carboxylic acids is 1. The van der Waals surface area contributed by atoms with E-state index in [9.17, 15) is 14.9 Å². The quantitative estimate of drug-likeness (QED) is 0.489. The van der Waals surface area contributed by atoms with Gasteiger partial charge in [-0.25, -0.2) is 0 Å². The maximum absolute atomic E-state index is 12.1. The zero-order valence-electron chi connectivity index (χ0n) is 9.75. The number of pyridine rings is 1. The van der Waals surface area contributed by atoms with Crippen molar-refractivity contribution in [2.75, 3.05) is 0 Å². The van der Waals surface area contributed by atoms with Gasteiger partial charge in [0.25, 0.3) is 5.69 Å². The number of hydrogen-bond donors (Lipinski definition) is 0. The van der Waals surface area contributed by atoms with Crippen molar-refractivity contribution in [2.45, 2.75) is 6.42 Å². The van der Waals surface area contributed by atoms with Crippen molar-refractivity contribution < 1.29 is 9.72 Å². The van der Waals surface area contributed by atoms with E-state index in [1.54, 1.807) is 24.5 Å². The third-order valence-corrected chi connectivity index (χ3v) is 2.81. The van der Waals surface area contributed by atoms with Gasteiger partial charge < -0.3 is 0 Å². The van der Waals surface area contributed by atoms with Crippen LogP contribution in [-0.4, -0.2) is 15.7 Å². The molecule has 0 aliphatic rings. The molecule has 2 rings (SSSR count). The SMILES string of the molecule is O=C(Cc1ccncc1)c1ccc(Cl)cc1[N+](=O)[O-]. The predicted octanol–water partition coefficient (Wildman–Crippen LogP) is 3.07. The van der Waals surface area contributed by atoms with Gasteiger partial charge in [-0.3, -0.25) is 19.9 Å². The first-order valence-electron chi connectivity index (χ1n) is 5.44. The topological polar surface area (TPSA) is 73.1 Å². The molecule has 1 aromatic heterocycles. The van der Waals surface area contributed by atoms with Crippen LogP contribution in [-0.2, 0) is 6.42 Å². The fourth-order valence-corrected chi connectivity index (χ4v) is 1.84. The summed E-state index contributed by atoms with van der Waals surface area (Å²) in [4.78, 5) is 26.2. The molecule has 0 unspecified atom stereocenters. The summed E-state index contributed by atoms with van der Waals surface area (Å²) in [6.07, 6.45) is 3.22. The van der Waals surface area contributed by atoms with Crippen LogP contribution in [0.1, 0.15) is 15.9 Å². The summed E-state index contributed by atoms with van der Waals surface area (Å²) in [5.74, 6) is -0.324. The Balaban J connectivity index is 2.31. The number of nitro benzene ring substituents is 1. The lowest BCUT2D eigenvalue weighted by atomic mass is 10.0. The Morgan fingerprint density at radius 2 is 1.95 bits per heavy atom. The molecule has 0 saturated carbocycles. The summed E-state index contributed by atoms with van der Waals surface area (Å²) in [7, 11) is 0. The fraction of sp³-hybridized carbons (Fsp3) is 0.0769. The van der Waals surface area contributed by atoms with E-state index in [0.29, 0.717) is 0 Å². The van der Waals surface area contributed by atoms with E-state index < -0.39 is 4.92 Å². The van der Waals surface area contributed by atoms with Crippen LogP contribution in [0, 0.1) is 10.1 Å². The summed E-state index contributed by atoms with van der Waals surface area (Å²) < 4.78 is 0. The maximum Gasteiger partial charge on any atom is 0.281 e. The Morgan fingerprint density at radius 3 is 2.58 bits per heavy atom. The Kier molecular flexibility index (Phi) is 3.87. The third kappa shape index (κ3) is 3.14. The minimum Gasteiger partial charge on any atom is -0.294 e. The van der Waals surface area contributed by atoms with Gasteiger partial charge in [-0.1, -0.05) is 11.6 Å². The molecule has 0 saturated heterocycles. The number of Topliss-reactive ketones (excluding diaryl/α,β-unsaturated/α-hetero) is 1. The highest BCUT2D eigenvalue weighted by atomic mass is 35.5. The summed E-state index contributed by atoms with van der Waals surface area (Å²) in [6, 6.07) is 7.42. The Labute approximate surface area is 114 Å². The lowest BCUT2D eigenvalue weighted by Gasteiger charge is -2.03. The molecular weight excluding hydrogens is 268 g/mol. The maximum atomic E-state index is 12.1. The molecule has 1 aromatic carbocycles. The molecule has 0 atom stereocenters. The van der Waals surface area contributed by atoms with E-state index in [2.05, 4.69) is 4.98 Å². The number of benzene rings is 1. The molecule has 0 spiro atoms. The van der Waals surface area contributed by atoms with Gasteiger partial charge in [0.1, 0.15) is 0 Å². The predicted molar refractivity (Wildman–Crippen MR) is 70.4 cm³/mol. The Morgan fingerprint density at radius 1 is 1.26 bits per heavy atom. The van der Waals surface area contributed by atoms with E-state index in [4.69, 9.17) is 11.6 Å². The molecule has 0 radical (unpaired) electrons. The minimum atomic E-state index is -0.605. The molecule has 19 heavy (non-hydrogen) atoms. The van der Waals surface area contributed by atoms with Gasteiger partial charge in [0, 0.05) is 29.9 Å². The highest BCUT2D eigenvalue weighted by Crippen LogP contribution is 2.24. The second-order valence-corrected chi connectivity index (χ2v) is 4.31. The van der Waals surface area contributed by atoms with Crippen molar-refractivity contribution in [2.24, 2.45) is 0 Å². The van der Waals surface area contributed by atoms with E-state index in [1.807, 2.05) is 0 Å². The van der Waals surface area contributed by atoms with Gasteiger partial charge in [-0.2, -0.15) is 0 Å². The van der Waals surface area contributed by atoms with Gasteiger partial charge in [0.2, 0.25) is 0 Å². The van der Waals surface area contributed by atoms with Crippen LogP contribution in [0.3, 0.4) is 0 Å². The second-order valence-electron chi connectivity index (χ2n) is 3.87. The molecule has 0 N–H and O–H groups in total. The number of carbonyl (C=O) groups is 1.